The number of esters is 1. The van der Waals surface area contributed by atoms with E-state index in [9.17, 15) is 18.0 Å². The van der Waals surface area contributed by atoms with Crippen molar-refractivity contribution >= 4 is 17.6 Å². The minimum Gasteiger partial charge on any atom is -0.468 e. The van der Waals surface area contributed by atoms with Crippen molar-refractivity contribution in [2.75, 3.05) is 24.4 Å². The van der Waals surface area contributed by atoms with Crippen molar-refractivity contribution in [1.29, 1.82) is 0 Å². The van der Waals surface area contributed by atoms with Gasteiger partial charge in [0.25, 0.3) is 0 Å². The van der Waals surface area contributed by atoms with Gasteiger partial charge in [0.2, 0.25) is 0 Å². The van der Waals surface area contributed by atoms with Crippen LogP contribution in [0.2, 0.25) is 0 Å². The quantitative estimate of drug-likeness (QED) is 0.426. The molecule has 9 heteroatoms. The normalized spacial score (nSPS) is 10.9. The van der Waals surface area contributed by atoms with Crippen LogP contribution in [0.3, 0.4) is 0 Å². The molecule has 1 aromatic rings. The summed E-state index contributed by atoms with van der Waals surface area (Å²) in [7, 11) is 1.16. The number of hydrazine groups is 1. The van der Waals surface area contributed by atoms with Crippen LogP contribution >= 0.6 is 0 Å². The molecule has 18 heavy (non-hydrogen) atoms. The molecular weight excluding hydrogens is 253 g/mol. The number of aromatic nitrogens is 1. The summed E-state index contributed by atoms with van der Waals surface area (Å²) >= 11 is 0. The van der Waals surface area contributed by atoms with Gasteiger partial charge in [-0.3, -0.25) is 4.79 Å². The summed E-state index contributed by atoms with van der Waals surface area (Å²) < 4.78 is 41.9. The Morgan fingerprint density at radius 3 is 2.56 bits per heavy atom. The molecule has 0 aliphatic carbocycles. The molecule has 0 atom stereocenters. The van der Waals surface area contributed by atoms with E-state index in [1.165, 1.54) is 0 Å². The Balaban J connectivity index is 2.94. The molecule has 0 unspecified atom stereocenters. The minimum atomic E-state index is -4.53. The SMILES string of the molecule is COC(=O)CNc1cc(C(F)(F)F)cc(NN)n1. The van der Waals surface area contributed by atoms with Crippen LogP contribution in [0, 0.1) is 0 Å². The van der Waals surface area contributed by atoms with Gasteiger partial charge in [0.1, 0.15) is 18.2 Å². The van der Waals surface area contributed by atoms with E-state index in [1.807, 2.05) is 5.43 Å². The van der Waals surface area contributed by atoms with E-state index in [-0.39, 0.29) is 18.2 Å². The molecule has 0 fully saturated rings. The molecule has 1 aromatic heterocycles. The third-order valence-corrected chi connectivity index (χ3v) is 1.94. The van der Waals surface area contributed by atoms with Crippen molar-refractivity contribution in [3.05, 3.63) is 17.7 Å². The van der Waals surface area contributed by atoms with E-state index >= 15 is 0 Å². The van der Waals surface area contributed by atoms with Crippen LogP contribution in [-0.2, 0) is 15.7 Å². The standard InChI is InChI=1S/C9H11F3N4O2/c1-18-8(17)4-14-6-2-5(9(10,11)12)3-7(15-6)16-13/h2-3H,4,13H2,1H3,(H2,14,15,16). The fourth-order valence-electron chi connectivity index (χ4n) is 1.09. The summed E-state index contributed by atoms with van der Waals surface area (Å²) in [5.74, 6) is 4.08. The number of carbonyl (C=O) groups is 1. The summed E-state index contributed by atoms with van der Waals surface area (Å²) in [6.07, 6.45) is -4.53. The van der Waals surface area contributed by atoms with Crippen molar-refractivity contribution in [3.63, 3.8) is 0 Å². The van der Waals surface area contributed by atoms with Gasteiger partial charge in [0.05, 0.1) is 12.7 Å². The first kappa shape index (κ1) is 14.0. The Labute approximate surface area is 100 Å². The van der Waals surface area contributed by atoms with Crippen LogP contribution in [0.5, 0.6) is 0 Å². The van der Waals surface area contributed by atoms with E-state index in [0.29, 0.717) is 0 Å². The van der Waals surface area contributed by atoms with Gasteiger partial charge in [-0.1, -0.05) is 0 Å². The van der Waals surface area contributed by atoms with E-state index in [0.717, 1.165) is 19.2 Å². The van der Waals surface area contributed by atoms with Gasteiger partial charge in [-0.05, 0) is 12.1 Å². The Morgan fingerprint density at radius 1 is 1.44 bits per heavy atom. The van der Waals surface area contributed by atoms with E-state index in [1.54, 1.807) is 0 Å². The van der Waals surface area contributed by atoms with Crippen molar-refractivity contribution in [2.24, 2.45) is 5.84 Å². The van der Waals surface area contributed by atoms with E-state index < -0.39 is 17.7 Å². The number of carbonyl (C=O) groups excluding carboxylic acids is 1. The van der Waals surface area contributed by atoms with Gasteiger partial charge in [-0.15, -0.1) is 0 Å². The summed E-state index contributed by atoms with van der Waals surface area (Å²) in [5.41, 5.74) is 1.08. The third kappa shape index (κ3) is 3.77. The average molecular weight is 264 g/mol. The number of halogens is 3. The number of hydrogen-bond donors (Lipinski definition) is 3. The number of anilines is 2. The maximum absolute atomic E-state index is 12.5. The Hall–Kier alpha value is -2.03. The first-order valence-electron chi connectivity index (χ1n) is 4.73. The van der Waals surface area contributed by atoms with Crippen LogP contribution in [0.1, 0.15) is 5.56 Å². The largest absolute Gasteiger partial charge is 0.468 e. The number of nitrogens with one attached hydrogen (secondary N) is 2. The van der Waals surface area contributed by atoms with E-state index in [4.69, 9.17) is 5.84 Å². The molecule has 0 spiro atoms. The molecule has 100 valence electrons. The maximum atomic E-state index is 12.5. The van der Waals surface area contributed by atoms with Gasteiger partial charge in [0.15, 0.2) is 0 Å². The summed E-state index contributed by atoms with van der Waals surface area (Å²) in [6, 6.07) is 1.52. The highest BCUT2D eigenvalue weighted by Gasteiger charge is 2.31. The Morgan fingerprint density at radius 2 is 2.06 bits per heavy atom. The smallest absolute Gasteiger partial charge is 0.416 e. The zero-order valence-electron chi connectivity index (χ0n) is 9.34. The van der Waals surface area contributed by atoms with Crippen LogP contribution in [0.25, 0.3) is 0 Å². The number of nitrogen functional groups attached to an aromatic ring is 1. The third-order valence-electron chi connectivity index (χ3n) is 1.94. The van der Waals surface area contributed by atoms with Crippen molar-refractivity contribution < 1.29 is 22.7 Å². The molecule has 4 N–H and O–H groups in total. The monoisotopic (exact) mass is 264 g/mol. The van der Waals surface area contributed by atoms with Crippen LogP contribution in [-0.4, -0.2) is 24.6 Å². The average Bonchev–Trinajstić information content (AvgIpc) is 2.34. The van der Waals surface area contributed by atoms with Crippen LogP contribution < -0.4 is 16.6 Å². The topological polar surface area (TPSA) is 89.3 Å². The molecule has 0 saturated heterocycles. The number of ether oxygens (including phenoxy) is 1. The number of pyridine rings is 1. The summed E-state index contributed by atoms with van der Waals surface area (Å²) in [5, 5.41) is 2.40. The van der Waals surface area contributed by atoms with Gasteiger partial charge in [-0.2, -0.15) is 13.2 Å². The van der Waals surface area contributed by atoms with Gasteiger partial charge in [0, 0.05) is 0 Å². The van der Waals surface area contributed by atoms with E-state index in [2.05, 4.69) is 15.0 Å². The molecule has 1 rings (SSSR count). The number of nitrogens with two attached hydrogens (primary N) is 1. The molecule has 0 aliphatic rings. The predicted octanol–water partition coefficient (Wildman–Crippen LogP) is 0.971. The molecule has 6 nitrogen and oxygen atoms in total. The molecule has 0 saturated carbocycles. The first-order chi connectivity index (χ1) is 8.36. The van der Waals surface area contributed by atoms with Crippen molar-refractivity contribution in [2.45, 2.75) is 6.18 Å². The maximum Gasteiger partial charge on any atom is 0.416 e. The van der Waals surface area contributed by atoms with Gasteiger partial charge >= 0.3 is 12.1 Å². The predicted molar refractivity (Wildman–Crippen MR) is 57.6 cm³/mol. The summed E-state index contributed by atoms with van der Waals surface area (Å²) in [6.45, 7) is -0.297. The highest BCUT2D eigenvalue weighted by atomic mass is 19.4. The minimum absolute atomic E-state index is 0.136. The Bertz CT molecular complexity index is 436. The van der Waals surface area contributed by atoms with Gasteiger partial charge in [-0.25, -0.2) is 10.8 Å². The fraction of sp³-hybridized carbons (Fsp3) is 0.333. The van der Waals surface area contributed by atoms with Crippen LogP contribution in [0.15, 0.2) is 12.1 Å². The molecule has 0 amide bonds. The Kier molecular flexibility index (Phi) is 4.32. The lowest BCUT2D eigenvalue weighted by molar-refractivity contribution is -0.138. The second-order valence-corrected chi connectivity index (χ2v) is 3.20. The molecular formula is C9H11F3N4O2. The highest BCUT2D eigenvalue weighted by Crippen LogP contribution is 2.31. The lowest BCUT2D eigenvalue weighted by atomic mass is 10.2. The number of rotatable bonds is 4. The second kappa shape index (κ2) is 5.54. The summed E-state index contributed by atoms with van der Waals surface area (Å²) in [4.78, 5) is 14.6. The molecule has 0 aliphatic heterocycles. The molecule has 1 heterocycles. The number of methoxy groups -OCH3 is 1. The molecule has 0 radical (unpaired) electrons. The zero-order valence-corrected chi connectivity index (χ0v) is 9.34. The first-order valence-corrected chi connectivity index (χ1v) is 4.73. The molecule has 0 bridgehead atoms. The number of nitrogens with zero attached hydrogens (tertiary/aromatic N) is 1. The fourth-order valence-corrected chi connectivity index (χ4v) is 1.09. The van der Waals surface area contributed by atoms with Gasteiger partial charge < -0.3 is 15.5 Å². The lowest BCUT2D eigenvalue weighted by Crippen LogP contribution is -2.18. The molecule has 0 aromatic carbocycles. The second-order valence-electron chi connectivity index (χ2n) is 3.20. The van der Waals surface area contributed by atoms with Crippen LogP contribution in [0.4, 0.5) is 24.8 Å². The zero-order chi connectivity index (χ0) is 13.8. The number of alkyl halides is 3. The highest BCUT2D eigenvalue weighted by molar-refractivity contribution is 5.74. The van der Waals surface area contributed by atoms with Crippen molar-refractivity contribution in [3.8, 4) is 0 Å². The van der Waals surface area contributed by atoms with Crippen molar-refractivity contribution in [1.82, 2.24) is 4.98 Å². The lowest BCUT2D eigenvalue weighted by Gasteiger charge is -2.11. The number of hydrogen-bond acceptors (Lipinski definition) is 6.